The fourth-order valence-corrected chi connectivity index (χ4v) is 3.85. The first-order chi connectivity index (χ1) is 14.1. The number of benzene rings is 1. The van der Waals surface area contributed by atoms with E-state index < -0.39 is 11.7 Å². The predicted octanol–water partition coefficient (Wildman–Crippen LogP) is 3.88. The molecule has 0 saturated carbocycles. The van der Waals surface area contributed by atoms with Gasteiger partial charge in [-0.25, -0.2) is 9.59 Å². The maximum Gasteiger partial charge on any atom is 0.414 e. The standard InChI is InChI=1S/C20H25ClN4O5/c1-12-11-23(18(26)30-20(2,3)4)5-6-24(12)17-22-14-9-13(21)10-15(16(14)29-17)25-7-8-28-19(25)27/h9-10,12H,5-8,11H2,1-4H3/t12-/m0/s1. The number of amides is 2. The van der Waals surface area contributed by atoms with Crippen LogP contribution in [0.25, 0.3) is 11.1 Å². The van der Waals surface area contributed by atoms with Crippen LogP contribution in [-0.2, 0) is 9.47 Å². The first kappa shape index (κ1) is 20.6. The highest BCUT2D eigenvalue weighted by Gasteiger charge is 2.33. The Bertz CT molecular complexity index is 985. The summed E-state index contributed by atoms with van der Waals surface area (Å²) >= 11 is 6.25. The van der Waals surface area contributed by atoms with Crippen molar-refractivity contribution in [3.8, 4) is 0 Å². The van der Waals surface area contributed by atoms with Gasteiger partial charge in [-0.15, -0.1) is 0 Å². The normalized spacial score (nSPS) is 20.1. The summed E-state index contributed by atoms with van der Waals surface area (Å²) in [5, 5.41) is 0.458. The number of carbonyl (C=O) groups excluding carboxylic acids is 2. The summed E-state index contributed by atoms with van der Waals surface area (Å²) in [5.41, 5.74) is 1.05. The van der Waals surface area contributed by atoms with Crippen molar-refractivity contribution >= 4 is 46.6 Å². The Morgan fingerprint density at radius 2 is 2.03 bits per heavy atom. The lowest BCUT2D eigenvalue weighted by molar-refractivity contribution is 0.0216. The van der Waals surface area contributed by atoms with E-state index in [9.17, 15) is 9.59 Å². The average molecular weight is 437 g/mol. The first-order valence-electron chi connectivity index (χ1n) is 9.91. The molecule has 2 aromatic rings. The maximum atomic E-state index is 12.4. The van der Waals surface area contributed by atoms with Gasteiger partial charge in [0, 0.05) is 30.7 Å². The molecule has 2 amide bonds. The molecule has 1 aromatic carbocycles. The van der Waals surface area contributed by atoms with Crippen molar-refractivity contribution in [2.45, 2.75) is 39.3 Å². The van der Waals surface area contributed by atoms with Crippen LogP contribution in [0.1, 0.15) is 27.7 Å². The van der Waals surface area contributed by atoms with Crippen molar-refractivity contribution in [3.05, 3.63) is 17.2 Å². The number of nitrogens with zero attached hydrogens (tertiary/aromatic N) is 4. The van der Waals surface area contributed by atoms with Gasteiger partial charge in [0.1, 0.15) is 17.7 Å². The van der Waals surface area contributed by atoms with Crippen LogP contribution in [0.15, 0.2) is 16.5 Å². The second-order valence-electron chi connectivity index (χ2n) is 8.50. The Morgan fingerprint density at radius 1 is 1.27 bits per heavy atom. The van der Waals surface area contributed by atoms with Gasteiger partial charge >= 0.3 is 12.2 Å². The topological polar surface area (TPSA) is 88.4 Å². The minimum atomic E-state index is -0.538. The van der Waals surface area contributed by atoms with Gasteiger partial charge in [-0.3, -0.25) is 4.90 Å². The van der Waals surface area contributed by atoms with Crippen LogP contribution in [-0.4, -0.2) is 66.5 Å². The zero-order chi connectivity index (χ0) is 21.6. The monoisotopic (exact) mass is 436 g/mol. The highest BCUT2D eigenvalue weighted by atomic mass is 35.5. The highest BCUT2D eigenvalue weighted by Crippen LogP contribution is 2.36. The minimum Gasteiger partial charge on any atom is -0.447 e. The zero-order valence-electron chi connectivity index (χ0n) is 17.5. The molecule has 2 aliphatic heterocycles. The van der Waals surface area contributed by atoms with Crippen molar-refractivity contribution in [3.63, 3.8) is 0 Å². The van der Waals surface area contributed by atoms with Gasteiger partial charge in [0.2, 0.25) is 0 Å². The summed E-state index contributed by atoms with van der Waals surface area (Å²) in [4.78, 5) is 34.2. The van der Waals surface area contributed by atoms with Gasteiger partial charge in [-0.2, -0.15) is 4.98 Å². The highest BCUT2D eigenvalue weighted by molar-refractivity contribution is 6.32. The van der Waals surface area contributed by atoms with Gasteiger partial charge in [0.25, 0.3) is 6.01 Å². The number of halogens is 1. The molecule has 3 heterocycles. The third kappa shape index (κ3) is 3.98. The van der Waals surface area contributed by atoms with Crippen molar-refractivity contribution in [1.29, 1.82) is 0 Å². The van der Waals surface area contributed by atoms with Crippen LogP contribution in [0.2, 0.25) is 5.02 Å². The Balaban J connectivity index is 1.57. The van der Waals surface area contributed by atoms with Gasteiger partial charge in [0.15, 0.2) is 5.58 Å². The number of cyclic esters (lactones) is 1. The minimum absolute atomic E-state index is 0.0324. The average Bonchev–Trinajstić information content (AvgIpc) is 3.25. The summed E-state index contributed by atoms with van der Waals surface area (Å²) in [6.07, 6.45) is -0.760. The molecule has 1 aromatic heterocycles. The molecule has 0 radical (unpaired) electrons. The predicted molar refractivity (Wildman–Crippen MR) is 112 cm³/mol. The van der Waals surface area contributed by atoms with Gasteiger partial charge < -0.3 is 23.7 Å². The van der Waals surface area contributed by atoms with Gasteiger partial charge in [-0.1, -0.05) is 11.6 Å². The van der Waals surface area contributed by atoms with Gasteiger partial charge in [-0.05, 0) is 39.8 Å². The third-order valence-corrected chi connectivity index (χ3v) is 5.22. The molecule has 0 N–H and O–H groups in total. The molecular weight excluding hydrogens is 412 g/mol. The summed E-state index contributed by atoms with van der Waals surface area (Å²) in [5.74, 6) is 0. The van der Waals surface area contributed by atoms with Crippen molar-refractivity contribution in [2.75, 3.05) is 42.6 Å². The maximum absolute atomic E-state index is 12.4. The van der Waals surface area contributed by atoms with Crippen LogP contribution >= 0.6 is 11.6 Å². The molecule has 1 atom stereocenters. The summed E-state index contributed by atoms with van der Waals surface area (Å²) in [7, 11) is 0. The molecule has 162 valence electrons. The molecule has 0 bridgehead atoms. The van der Waals surface area contributed by atoms with Crippen molar-refractivity contribution in [2.24, 2.45) is 0 Å². The first-order valence-corrected chi connectivity index (χ1v) is 10.3. The SMILES string of the molecule is C[C@H]1CN(C(=O)OC(C)(C)C)CCN1c1nc2cc(Cl)cc(N3CCOC3=O)c2o1. The smallest absolute Gasteiger partial charge is 0.414 e. The molecule has 10 heteroatoms. The number of ether oxygens (including phenoxy) is 2. The second-order valence-corrected chi connectivity index (χ2v) is 8.94. The molecule has 2 aliphatic rings. The van der Waals surface area contributed by atoms with Crippen LogP contribution in [0.4, 0.5) is 21.3 Å². The third-order valence-electron chi connectivity index (χ3n) is 5.00. The summed E-state index contributed by atoms with van der Waals surface area (Å²) in [6, 6.07) is 3.78. The lowest BCUT2D eigenvalue weighted by Gasteiger charge is -2.39. The lowest BCUT2D eigenvalue weighted by Crippen LogP contribution is -2.54. The van der Waals surface area contributed by atoms with E-state index in [0.29, 0.717) is 60.6 Å². The number of piperazine rings is 1. The van der Waals surface area contributed by atoms with E-state index in [0.717, 1.165) is 0 Å². The number of hydrogen-bond donors (Lipinski definition) is 0. The largest absolute Gasteiger partial charge is 0.447 e. The number of carbonyl (C=O) groups is 2. The van der Waals surface area contributed by atoms with Crippen LogP contribution < -0.4 is 9.80 Å². The molecule has 0 unspecified atom stereocenters. The number of fused-ring (bicyclic) bond motifs is 1. The zero-order valence-corrected chi connectivity index (χ0v) is 18.2. The number of aromatic nitrogens is 1. The molecule has 2 saturated heterocycles. The molecule has 30 heavy (non-hydrogen) atoms. The molecule has 0 spiro atoms. The Morgan fingerprint density at radius 3 is 2.67 bits per heavy atom. The Hall–Kier alpha value is -2.68. The van der Waals surface area contributed by atoms with Crippen molar-refractivity contribution in [1.82, 2.24) is 9.88 Å². The number of oxazole rings is 1. The van der Waals surface area contributed by atoms with E-state index in [-0.39, 0.29) is 12.1 Å². The van der Waals surface area contributed by atoms with Crippen molar-refractivity contribution < 1.29 is 23.5 Å². The number of anilines is 2. The van der Waals surface area contributed by atoms with E-state index in [2.05, 4.69) is 4.98 Å². The molecule has 2 fully saturated rings. The van der Waals surface area contributed by atoms with Crippen LogP contribution in [0.3, 0.4) is 0 Å². The Labute approximate surface area is 179 Å². The van der Waals surface area contributed by atoms with Gasteiger partial charge in [0.05, 0.1) is 12.2 Å². The van der Waals surface area contributed by atoms with Crippen LogP contribution in [0, 0.1) is 0 Å². The van der Waals surface area contributed by atoms with Crippen LogP contribution in [0.5, 0.6) is 0 Å². The molecule has 9 nitrogen and oxygen atoms in total. The fourth-order valence-electron chi connectivity index (χ4n) is 3.64. The second kappa shape index (κ2) is 7.54. The molecular formula is C20H25ClN4O5. The lowest BCUT2D eigenvalue weighted by atomic mass is 10.2. The fraction of sp³-hybridized carbons (Fsp3) is 0.550. The Kier molecular flexibility index (Phi) is 5.17. The summed E-state index contributed by atoms with van der Waals surface area (Å²) < 4.78 is 16.6. The van der Waals surface area contributed by atoms with E-state index in [4.69, 9.17) is 25.5 Å². The van der Waals surface area contributed by atoms with E-state index >= 15 is 0 Å². The molecule has 4 rings (SSSR count). The van der Waals surface area contributed by atoms with E-state index in [1.807, 2.05) is 32.6 Å². The number of hydrogen-bond acceptors (Lipinski definition) is 7. The van der Waals surface area contributed by atoms with E-state index in [1.54, 1.807) is 17.0 Å². The number of rotatable bonds is 2. The quantitative estimate of drug-likeness (QED) is 0.705. The summed E-state index contributed by atoms with van der Waals surface area (Å²) in [6.45, 7) is 9.81. The van der Waals surface area contributed by atoms with E-state index in [1.165, 1.54) is 4.90 Å². The molecule has 0 aliphatic carbocycles.